The number of amides is 2. The van der Waals surface area contributed by atoms with E-state index in [2.05, 4.69) is 0 Å². The monoisotopic (exact) mass is 609 g/mol. The standard InChI is InChI=1S/C32H39N3O7S/c1-43(40,41)34-31(37)28-18-15-25(20-30(28)42-27-7-3-2-4-8-27)23-11-9-22(10-12-23)6-5-19-35(32(38)39)21-29(36)24-13-16-26(33)17-14-24/h9-18,20,27,29,36H,2-8,19,21,33H2,1H3,(H,34,37)(H,38,39)/t29-/m1/s1. The summed E-state index contributed by atoms with van der Waals surface area (Å²) in [5.41, 5.74) is 9.77. The smallest absolute Gasteiger partial charge is 0.407 e. The average Bonchev–Trinajstić information content (AvgIpc) is 2.97. The van der Waals surface area contributed by atoms with E-state index in [0.717, 1.165) is 55.1 Å². The number of carbonyl (C=O) groups excluding carboxylic acids is 1. The maximum atomic E-state index is 12.7. The van der Waals surface area contributed by atoms with Crippen molar-refractivity contribution in [3.05, 3.63) is 83.4 Å². The summed E-state index contributed by atoms with van der Waals surface area (Å²) in [5, 5.41) is 20.1. The highest BCUT2D eigenvalue weighted by Gasteiger charge is 2.22. The molecule has 3 aromatic rings. The third kappa shape index (κ3) is 9.45. The normalized spacial score (nSPS) is 14.6. The van der Waals surface area contributed by atoms with Gasteiger partial charge in [-0.25, -0.2) is 17.9 Å². The SMILES string of the molecule is CS(=O)(=O)NC(=O)c1ccc(-c2ccc(CCCN(C[C@@H](O)c3ccc(N)cc3)C(=O)O)cc2)cc1OC1CCCCC1. The minimum absolute atomic E-state index is 0.0332. The van der Waals surface area contributed by atoms with Gasteiger partial charge < -0.3 is 25.6 Å². The van der Waals surface area contributed by atoms with Crippen LogP contribution in [-0.4, -0.2) is 61.0 Å². The maximum Gasteiger partial charge on any atom is 0.407 e. The number of carboxylic acid groups (broad SMARTS) is 1. The van der Waals surface area contributed by atoms with Crippen LogP contribution in [0.3, 0.4) is 0 Å². The van der Waals surface area contributed by atoms with Gasteiger partial charge in [0.25, 0.3) is 5.91 Å². The van der Waals surface area contributed by atoms with Crippen molar-refractivity contribution in [1.29, 1.82) is 0 Å². The van der Waals surface area contributed by atoms with Gasteiger partial charge in [0.2, 0.25) is 10.0 Å². The number of carbonyl (C=O) groups is 2. The summed E-state index contributed by atoms with van der Waals surface area (Å²) < 4.78 is 31.6. The Morgan fingerprint density at radius 3 is 2.28 bits per heavy atom. The van der Waals surface area contributed by atoms with E-state index in [0.29, 0.717) is 29.8 Å². The van der Waals surface area contributed by atoms with E-state index in [-0.39, 0.29) is 24.8 Å². The summed E-state index contributed by atoms with van der Waals surface area (Å²) in [6.07, 6.45) is 5.07. The van der Waals surface area contributed by atoms with Crippen LogP contribution in [0.2, 0.25) is 0 Å². The molecule has 5 N–H and O–H groups in total. The number of nitrogens with zero attached hydrogens (tertiary/aromatic N) is 1. The van der Waals surface area contributed by atoms with Crippen molar-refractivity contribution >= 4 is 27.7 Å². The lowest BCUT2D eigenvalue weighted by molar-refractivity contribution is 0.0961. The number of nitrogens with two attached hydrogens (primary N) is 1. The zero-order valence-corrected chi connectivity index (χ0v) is 25.1. The van der Waals surface area contributed by atoms with Gasteiger partial charge in [-0.2, -0.15) is 0 Å². The summed E-state index contributed by atoms with van der Waals surface area (Å²) in [6, 6.07) is 19.7. The van der Waals surface area contributed by atoms with Crippen molar-refractivity contribution in [1.82, 2.24) is 9.62 Å². The van der Waals surface area contributed by atoms with Gasteiger partial charge in [-0.15, -0.1) is 0 Å². The molecule has 1 aliphatic rings. The maximum absolute atomic E-state index is 12.7. The molecule has 230 valence electrons. The Balaban J connectivity index is 1.41. The Bertz CT molecular complexity index is 1500. The van der Waals surface area contributed by atoms with Gasteiger partial charge in [-0.3, -0.25) is 4.79 Å². The highest BCUT2D eigenvalue weighted by atomic mass is 32.2. The number of aliphatic hydroxyl groups is 1. The number of rotatable bonds is 12. The molecule has 11 heteroatoms. The summed E-state index contributed by atoms with van der Waals surface area (Å²) in [6.45, 7) is 0.226. The van der Waals surface area contributed by atoms with Crippen molar-refractivity contribution in [2.24, 2.45) is 0 Å². The number of nitrogen functional groups attached to an aromatic ring is 1. The predicted octanol–water partition coefficient (Wildman–Crippen LogP) is 4.98. The van der Waals surface area contributed by atoms with Crippen LogP contribution in [0.5, 0.6) is 5.75 Å². The number of anilines is 1. The number of sulfonamides is 1. The van der Waals surface area contributed by atoms with Gasteiger partial charge in [-0.05, 0) is 85.0 Å². The Kier molecular flexibility index (Phi) is 10.7. The van der Waals surface area contributed by atoms with Crippen LogP contribution in [0, 0.1) is 0 Å². The fourth-order valence-corrected chi connectivity index (χ4v) is 5.65. The third-order valence-corrected chi connectivity index (χ3v) is 8.07. The molecule has 0 radical (unpaired) electrons. The minimum atomic E-state index is -3.73. The number of aryl methyl sites for hydroxylation is 1. The van der Waals surface area contributed by atoms with Crippen molar-refractivity contribution in [2.45, 2.75) is 57.2 Å². The second-order valence-electron chi connectivity index (χ2n) is 11.0. The van der Waals surface area contributed by atoms with Gasteiger partial charge in [0.05, 0.1) is 30.6 Å². The number of benzene rings is 3. The van der Waals surface area contributed by atoms with Crippen molar-refractivity contribution < 1.29 is 33.0 Å². The van der Waals surface area contributed by atoms with Crippen LogP contribution < -0.4 is 15.2 Å². The molecular formula is C32H39N3O7S. The van der Waals surface area contributed by atoms with Crippen LogP contribution in [-0.2, 0) is 16.4 Å². The van der Waals surface area contributed by atoms with Crippen molar-refractivity contribution in [3.63, 3.8) is 0 Å². The highest BCUT2D eigenvalue weighted by Crippen LogP contribution is 2.31. The lowest BCUT2D eigenvalue weighted by Crippen LogP contribution is -2.34. The van der Waals surface area contributed by atoms with E-state index >= 15 is 0 Å². The zero-order valence-electron chi connectivity index (χ0n) is 24.2. The molecule has 10 nitrogen and oxygen atoms in total. The first-order valence-electron chi connectivity index (χ1n) is 14.4. The molecule has 0 bridgehead atoms. The molecule has 0 aliphatic heterocycles. The molecule has 0 unspecified atom stereocenters. The van der Waals surface area contributed by atoms with E-state index < -0.39 is 28.1 Å². The Hall–Kier alpha value is -4.09. The van der Waals surface area contributed by atoms with Crippen molar-refractivity contribution in [3.8, 4) is 16.9 Å². The molecule has 1 saturated carbocycles. The van der Waals surface area contributed by atoms with Crippen LogP contribution in [0.1, 0.15) is 66.1 Å². The number of hydrogen-bond donors (Lipinski definition) is 4. The van der Waals surface area contributed by atoms with Crippen LogP contribution in [0.15, 0.2) is 66.7 Å². The molecule has 0 saturated heterocycles. The Morgan fingerprint density at radius 2 is 1.65 bits per heavy atom. The average molecular weight is 610 g/mol. The highest BCUT2D eigenvalue weighted by molar-refractivity contribution is 7.89. The fourth-order valence-electron chi connectivity index (χ4n) is 5.21. The Labute approximate surface area is 252 Å². The molecule has 0 heterocycles. The zero-order chi connectivity index (χ0) is 31.0. The molecule has 4 rings (SSSR count). The largest absolute Gasteiger partial charge is 0.490 e. The second kappa shape index (κ2) is 14.4. The van der Waals surface area contributed by atoms with Gasteiger partial charge in [0.1, 0.15) is 5.75 Å². The summed E-state index contributed by atoms with van der Waals surface area (Å²) in [5.74, 6) is -0.379. The predicted molar refractivity (Wildman–Crippen MR) is 165 cm³/mol. The molecule has 0 spiro atoms. The first-order valence-corrected chi connectivity index (χ1v) is 16.3. The second-order valence-corrected chi connectivity index (χ2v) is 12.8. The van der Waals surface area contributed by atoms with Crippen LogP contribution >= 0.6 is 0 Å². The molecular weight excluding hydrogens is 570 g/mol. The molecule has 2 amide bonds. The van der Waals surface area contributed by atoms with Crippen molar-refractivity contribution in [2.75, 3.05) is 25.1 Å². The van der Waals surface area contributed by atoms with E-state index in [9.17, 15) is 28.2 Å². The fraction of sp³-hybridized carbons (Fsp3) is 0.375. The van der Waals surface area contributed by atoms with Gasteiger partial charge in [0, 0.05) is 12.2 Å². The number of ether oxygens (including phenoxy) is 1. The molecule has 3 aromatic carbocycles. The molecule has 43 heavy (non-hydrogen) atoms. The van der Waals surface area contributed by atoms with Gasteiger partial charge in [-0.1, -0.05) is 48.9 Å². The Morgan fingerprint density at radius 1 is 1.00 bits per heavy atom. The third-order valence-electron chi connectivity index (χ3n) is 7.52. The molecule has 1 atom stereocenters. The number of nitrogens with one attached hydrogen (secondary N) is 1. The quantitative estimate of drug-likeness (QED) is 0.209. The number of hydrogen-bond acceptors (Lipinski definition) is 7. The number of aliphatic hydroxyl groups excluding tert-OH is 1. The summed E-state index contributed by atoms with van der Waals surface area (Å²) in [4.78, 5) is 25.7. The topological polar surface area (TPSA) is 159 Å². The summed E-state index contributed by atoms with van der Waals surface area (Å²) in [7, 11) is -3.73. The molecule has 0 aromatic heterocycles. The lowest BCUT2D eigenvalue weighted by atomic mass is 9.97. The molecule has 1 aliphatic carbocycles. The van der Waals surface area contributed by atoms with E-state index in [4.69, 9.17) is 10.5 Å². The summed E-state index contributed by atoms with van der Waals surface area (Å²) >= 11 is 0. The van der Waals surface area contributed by atoms with Gasteiger partial charge >= 0.3 is 6.09 Å². The van der Waals surface area contributed by atoms with E-state index in [1.54, 1.807) is 42.5 Å². The lowest BCUT2D eigenvalue weighted by Gasteiger charge is -2.24. The molecule has 1 fully saturated rings. The van der Waals surface area contributed by atoms with Crippen LogP contribution in [0.25, 0.3) is 11.1 Å². The minimum Gasteiger partial charge on any atom is -0.490 e. The first-order chi connectivity index (χ1) is 20.5. The first kappa shape index (κ1) is 31.8. The van der Waals surface area contributed by atoms with Crippen LogP contribution in [0.4, 0.5) is 10.5 Å². The van der Waals surface area contributed by atoms with E-state index in [1.807, 2.05) is 29.0 Å². The van der Waals surface area contributed by atoms with E-state index in [1.165, 1.54) is 4.90 Å². The van der Waals surface area contributed by atoms with Gasteiger partial charge in [0.15, 0.2) is 0 Å².